The van der Waals surface area contributed by atoms with Gasteiger partial charge < -0.3 is 5.32 Å². The van der Waals surface area contributed by atoms with Gasteiger partial charge in [0, 0.05) is 13.6 Å². The smallest absolute Gasteiger partial charge is 0.264 e. The maximum atomic E-state index is 12.6. The Hall–Kier alpha value is -2.34. The van der Waals surface area contributed by atoms with Crippen LogP contribution in [0.4, 0.5) is 5.69 Å². The minimum atomic E-state index is -3.59. The van der Waals surface area contributed by atoms with Crippen molar-refractivity contribution in [3.8, 4) is 0 Å². The third-order valence-corrected chi connectivity index (χ3v) is 5.57. The fourth-order valence-corrected chi connectivity index (χ4v) is 3.50. The Morgan fingerprint density at radius 1 is 1.04 bits per heavy atom. The largest absolute Gasteiger partial charge is 0.356 e. The highest BCUT2D eigenvalue weighted by Crippen LogP contribution is 2.22. The van der Waals surface area contributed by atoms with Crippen molar-refractivity contribution in [3.63, 3.8) is 0 Å². The molecule has 1 N–H and O–H groups in total. The highest BCUT2D eigenvalue weighted by molar-refractivity contribution is 7.92. The number of hydrogen-bond donors (Lipinski definition) is 1. The van der Waals surface area contributed by atoms with Gasteiger partial charge in [-0.15, -0.1) is 0 Å². The van der Waals surface area contributed by atoms with Crippen LogP contribution in [0.2, 0.25) is 0 Å². The van der Waals surface area contributed by atoms with Crippen LogP contribution < -0.4 is 9.62 Å². The summed E-state index contributed by atoms with van der Waals surface area (Å²) in [7, 11) is -2.07. The second-order valence-electron chi connectivity index (χ2n) is 6.33. The summed E-state index contributed by atoms with van der Waals surface area (Å²) < 4.78 is 26.5. The minimum absolute atomic E-state index is 0.0355. The van der Waals surface area contributed by atoms with E-state index in [1.165, 1.54) is 11.4 Å². The summed E-state index contributed by atoms with van der Waals surface area (Å²) in [4.78, 5) is 12.1. The van der Waals surface area contributed by atoms with Crippen molar-refractivity contribution < 1.29 is 13.2 Å². The molecule has 0 saturated heterocycles. The molecule has 0 atom stereocenters. The number of nitrogens with zero attached hydrogens (tertiary/aromatic N) is 1. The summed E-state index contributed by atoms with van der Waals surface area (Å²) in [6, 6.07) is 15.3. The van der Waals surface area contributed by atoms with E-state index < -0.39 is 10.0 Å². The second-order valence-corrected chi connectivity index (χ2v) is 8.30. The molecule has 0 spiro atoms. The summed E-state index contributed by atoms with van der Waals surface area (Å²) >= 11 is 0. The zero-order valence-electron chi connectivity index (χ0n) is 14.8. The maximum Gasteiger partial charge on any atom is 0.264 e. The highest BCUT2D eigenvalue weighted by atomic mass is 32.2. The van der Waals surface area contributed by atoms with Crippen molar-refractivity contribution in [2.45, 2.75) is 25.2 Å². The fraction of sp³-hybridized carbons (Fsp3) is 0.316. The fourth-order valence-electron chi connectivity index (χ4n) is 2.28. The zero-order chi connectivity index (χ0) is 18.4. The van der Waals surface area contributed by atoms with E-state index in [2.05, 4.69) is 5.32 Å². The lowest BCUT2D eigenvalue weighted by Crippen LogP contribution is -2.28. The van der Waals surface area contributed by atoms with E-state index in [0.717, 1.165) is 5.56 Å². The Morgan fingerprint density at radius 3 is 2.20 bits per heavy atom. The first kappa shape index (κ1) is 19.0. The number of carbonyl (C=O) groups excluding carboxylic acids is 1. The van der Waals surface area contributed by atoms with E-state index in [9.17, 15) is 13.2 Å². The molecule has 134 valence electrons. The molecule has 0 aliphatic carbocycles. The van der Waals surface area contributed by atoms with Crippen molar-refractivity contribution in [2.24, 2.45) is 5.92 Å². The standard InChI is InChI=1S/C19H24N2O3S/c1-15(2)14-20-19(22)13-16-9-11-17(12-10-16)21(3)25(23,24)18-7-5-4-6-8-18/h4-12,15H,13-14H2,1-3H3,(H,20,22). The Kier molecular flexibility index (Phi) is 6.20. The quantitative estimate of drug-likeness (QED) is 0.826. The number of sulfonamides is 1. The van der Waals surface area contributed by atoms with E-state index in [1.807, 2.05) is 13.8 Å². The van der Waals surface area contributed by atoms with Crippen molar-refractivity contribution in [2.75, 3.05) is 17.9 Å². The molecule has 0 fully saturated rings. The average Bonchev–Trinajstić information content (AvgIpc) is 2.61. The van der Waals surface area contributed by atoms with Gasteiger partial charge in [-0.25, -0.2) is 8.42 Å². The third kappa shape index (κ3) is 5.06. The first-order valence-corrected chi connectivity index (χ1v) is 9.64. The van der Waals surface area contributed by atoms with E-state index in [4.69, 9.17) is 0 Å². The van der Waals surface area contributed by atoms with Crippen molar-refractivity contribution in [1.82, 2.24) is 5.32 Å². The lowest BCUT2D eigenvalue weighted by molar-refractivity contribution is -0.120. The number of hydrogen-bond acceptors (Lipinski definition) is 3. The van der Waals surface area contributed by atoms with Crippen LogP contribution in [-0.4, -0.2) is 27.9 Å². The predicted molar refractivity (Wildman–Crippen MR) is 100 cm³/mol. The molecule has 1 amide bonds. The Morgan fingerprint density at radius 2 is 1.64 bits per heavy atom. The summed E-state index contributed by atoms with van der Waals surface area (Å²) in [6.07, 6.45) is 0.280. The summed E-state index contributed by atoms with van der Waals surface area (Å²) in [5.41, 5.74) is 1.39. The summed E-state index contributed by atoms with van der Waals surface area (Å²) in [6.45, 7) is 4.73. The molecule has 0 bridgehead atoms. The van der Waals surface area contributed by atoms with E-state index in [0.29, 0.717) is 18.2 Å². The molecule has 25 heavy (non-hydrogen) atoms. The monoisotopic (exact) mass is 360 g/mol. The van der Waals surface area contributed by atoms with Crippen LogP contribution in [0.25, 0.3) is 0 Å². The number of nitrogens with one attached hydrogen (secondary N) is 1. The van der Waals surface area contributed by atoms with Crippen LogP contribution in [0, 0.1) is 5.92 Å². The van der Waals surface area contributed by atoms with Crippen LogP contribution in [0.15, 0.2) is 59.5 Å². The topological polar surface area (TPSA) is 66.5 Å². The van der Waals surface area contributed by atoms with Crippen LogP contribution in [0.5, 0.6) is 0 Å². The normalized spacial score (nSPS) is 11.4. The second kappa shape index (κ2) is 8.16. The lowest BCUT2D eigenvalue weighted by Gasteiger charge is -2.19. The van der Waals surface area contributed by atoms with E-state index in [-0.39, 0.29) is 17.2 Å². The van der Waals surface area contributed by atoms with Gasteiger partial charge in [0.1, 0.15) is 0 Å². The van der Waals surface area contributed by atoms with Crippen LogP contribution in [0.3, 0.4) is 0 Å². The van der Waals surface area contributed by atoms with Gasteiger partial charge in [0.05, 0.1) is 17.0 Å². The molecule has 6 heteroatoms. The van der Waals surface area contributed by atoms with Gasteiger partial charge in [0.25, 0.3) is 10.0 Å². The van der Waals surface area contributed by atoms with E-state index >= 15 is 0 Å². The van der Waals surface area contributed by atoms with Crippen LogP contribution in [-0.2, 0) is 21.2 Å². The first-order chi connectivity index (χ1) is 11.8. The summed E-state index contributed by atoms with van der Waals surface area (Å²) in [5, 5.41) is 2.87. The SMILES string of the molecule is CC(C)CNC(=O)Cc1ccc(N(C)S(=O)(=O)c2ccccc2)cc1. The van der Waals surface area contributed by atoms with Gasteiger partial charge >= 0.3 is 0 Å². The zero-order valence-corrected chi connectivity index (χ0v) is 15.6. The van der Waals surface area contributed by atoms with Gasteiger partial charge in [-0.05, 0) is 35.7 Å². The molecule has 0 heterocycles. The number of benzene rings is 2. The molecule has 2 rings (SSSR count). The van der Waals surface area contributed by atoms with Gasteiger partial charge in [-0.1, -0.05) is 44.2 Å². The van der Waals surface area contributed by atoms with Gasteiger partial charge in [0.15, 0.2) is 0 Å². The van der Waals surface area contributed by atoms with Gasteiger partial charge in [-0.2, -0.15) is 0 Å². The Bertz CT molecular complexity index is 800. The number of anilines is 1. The molecule has 2 aromatic rings. The molecule has 0 aliphatic rings. The Balaban J connectivity index is 2.08. The molecule has 0 unspecified atom stereocenters. The maximum absolute atomic E-state index is 12.6. The Labute approximate surface area is 149 Å². The van der Waals surface area contributed by atoms with Crippen molar-refractivity contribution in [3.05, 3.63) is 60.2 Å². The third-order valence-electron chi connectivity index (χ3n) is 3.77. The molecule has 2 aromatic carbocycles. The first-order valence-electron chi connectivity index (χ1n) is 8.20. The average molecular weight is 360 g/mol. The molecule has 0 aromatic heterocycles. The molecule has 5 nitrogen and oxygen atoms in total. The van der Waals surface area contributed by atoms with Crippen molar-refractivity contribution >= 4 is 21.6 Å². The molecular formula is C19H24N2O3S. The van der Waals surface area contributed by atoms with Crippen LogP contribution >= 0.6 is 0 Å². The predicted octanol–water partition coefficient (Wildman–Crippen LogP) is 2.83. The molecule has 0 saturated carbocycles. The number of rotatable bonds is 7. The van der Waals surface area contributed by atoms with Crippen LogP contribution in [0.1, 0.15) is 19.4 Å². The summed E-state index contributed by atoms with van der Waals surface area (Å²) in [5.74, 6) is 0.370. The highest BCUT2D eigenvalue weighted by Gasteiger charge is 2.20. The molecule has 0 radical (unpaired) electrons. The van der Waals surface area contributed by atoms with E-state index in [1.54, 1.807) is 54.6 Å². The minimum Gasteiger partial charge on any atom is -0.356 e. The lowest BCUT2D eigenvalue weighted by atomic mass is 10.1. The number of amides is 1. The van der Waals surface area contributed by atoms with Gasteiger partial charge in [-0.3, -0.25) is 9.10 Å². The van der Waals surface area contributed by atoms with Gasteiger partial charge in [0.2, 0.25) is 5.91 Å². The molecular weight excluding hydrogens is 336 g/mol. The van der Waals surface area contributed by atoms with Crippen molar-refractivity contribution in [1.29, 1.82) is 0 Å². The number of carbonyl (C=O) groups is 1. The molecule has 0 aliphatic heterocycles.